The largest absolute Gasteiger partial charge is 0.507 e. The molecule has 0 saturated carbocycles. The number of sulfonamides is 1. The van der Waals surface area contributed by atoms with Gasteiger partial charge >= 0.3 is 0 Å². The van der Waals surface area contributed by atoms with Crippen LogP contribution in [0.2, 0.25) is 0 Å². The first-order valence-electron chi connectivity index (χ1n) is 15.2. The van der Waals surface area contributed by atoms with E-state index in [9.17, 15) is 18.3 Å². The molecule has 0 fully saturated rings. The number of imidazole rings is 1. The molecule has 0 saturated heterocycles. The molecular weight excluding hydrogens is 610 g/mol. The molecule has 13 nitrogen and oxygen atoms in total. The van der Waals surface area contributed by atoms with Gasteiger partial charge in [-0.25, -0.2) is 23.1 Å². The highest BCUT2D eigenvalue weighted by Crippen LogP contribution is 2.32. The number of amides is 1. The number of nitrogens with zero attached hydrogens (tertiary/aromatic N) is 4. The summed E-state index contributed by atoms with van der Waals surface area (Å²) in [6.45, 7) is 11.0. The van der Waals surface area contributed by atoms with Crippen LogP contribution in [0.3, 0.4) is 0 Å². The fourth-order valence-corrected chi connectivity index (χ4v) is 6.38. The van der Waals surface area contributed by atoms with Crippen LogP contribution in [-0.2, 0) is 27.9 Å². The quantitative estimate of drug-likeness (QED) is 0.0945. The summed E-state index contributed by atoms with van der Waals surface area (Å²) >= 11 is 0. The molecule has 0 atom stereocenters. The van der Waals surface area contributed by atoms with E-state index in [4.69, 9.17) is 20.2 Å². The zero-order chi connectivity index (χ0) is 33.5. The van der Waals surface area contributed by atoms with E-state index in [0.29, 0.717) is 54.6 Å². The van der Waals surface area contributed by atoms with Crippen molar-refractivity contribution >= 4 is 56.1 Å². The average molecular weight is 654 g/mol. The van der Waals surface area contributed by atoms with Crippen molar-refractivity contribution in [2.24, 2.45) is 4.99 Å². The summed E-state index contributed by atoms with van der Waals surface area (Å²) in [6, 6.07) is 10.2. The van der Waals surface area contributed by atoms with Crippen LogP contribution < -0.4 is 20.5 Å². The fraction of sp³-hybridized carbons (Fsp3) is 0.438. The number of anilines is 1. The lowest BCUT2D eigenvalue weighted by atomic mass is 10.1. The molecule has 0 spiro atoms. The van der Waals surface area contributed by atoms with Crippen molar-refractivity contribution < 1.29 is 27.8 Å². The van der Waals surface area contributed by atoms with E-state index in [1.165, 1.54) is 12.1 Å². The number of phenolic OH excluding ortho intramolecular Hbond substituents is 1. The second kappa shape index (κ2) is 14.9. The molecule has 0 radical (unpaired) electrons. The zero-order valence-electron chi connectivity index (χ0n) is 26.8. The van der Waals surface area contributed by atoms with E-state index in [-0.39, 0.29) is 29.6 Å². The maximum absolute atomic E-state index is 12.3. The Morgan fingerprint density at radius 2 is 1.89 bits per heavy atom. The minimum atomic E-state index is -3.46. The van der Waals surface area contributed by atoms with Gasteiger partial charge in [0.2, 0.25) is 10.0 Å². The van der Waals surface area contributed by atoms with Crippen LogP contribution in [-0.4, -0.2) is 72.2 Å². The number of unbranched alkanes of at least 4 members (excludes halogenated alkanes) is 3. The number of ether oxygens (including phenoxy) is 2. The monoisotopic (exact) mass is 653 g/mol. The summed E-state index contributed by atoms with van der Waals surface area (Å²) in [6.07, 6.45) is 4.58. The van der Waals surface area contributed by atoms with E-state index < -0.39 is 15.6 Å². The van der Waals surface area contributed by atoms with Crippen molar-refractivity contribution in [2.75, 3.05) is 31.7 Å². The van der Waals surface area contributed by atoms with Crippen LogP contribution in [0.15, 0.2) is 41.4 Å². The van der Waals surface area contributed by atoms with Crippen LogP contribution in [0, 0.1) is 0 Å². The molecule has 1 amide bonds. The van der Waals surface area contributed by atoms with E-state index >= 15 is 0 Å². The maximum atomic E-state index is 12.3. The highest BCUT2D eigenvalue weighted by Gasteiger charge is 2.27. The number of aromatic hydroxyl groups is 1. The van der Waals surface area contributed by atoms with E-state index in [1.54, 1.807) is 6.07 Å². The number of phenols is 1. The first kappa shape index (κ1) is 34.6. The van der Waals surface area contributed by atoms with Gasteiger partial charge in [0, 0.05) is 42.8 Å². The lowest BCUT2D eigenvalue weighted by Gasteiger charge is -2.27. The Morgan fingerprint density at radius 3 is 2.59 bits per heavy atom. The molecule has 2 heterocycles. The Morgan fingerprint density at radius 1 is 1.13 bits per heavy atom. The molecule has 46 heavy (non-hydrogen) atoms. The highest BCUT2D eigenvalue weighted by atomic mass is 32.2. The lowest BCUT2D eigenvalue weighted by Crippen LogP contribution is -2.46. The predicted molar refractivity (Wildman–Crippen MR) is 180 cm³/mol. The normalized spacial score (nSPS) is 12.1. The summed E-state index contributed by atoms with van der Waals surface area (Å²) in [4.78, 5) is 25.4. The molecule has 2 aromatic carbocycles. The molecule has 0 aliphatic heterocycles. The van der Waals surface area contributed by atoms with Gasteiger partial charge in [0.05, 0.1) is 35.1 Å². The third kappa shape index (κ3) is 8.92. The fourth-order valence-electron chi connectivity index (χ4n) is 5.31. The van der Waals surface area contributed by atoms with Gasteiger partial charge in [0.25, 0.3) is 5.91 Å². The van der Waals surface area contributed by atoms with Crippen molar-refractivity contribution in [3.05, 3.63) is 47.8 Å². The number of nitrogen functional groups attached to an aromatic ring is 1. The number of carbonyl (C=O) groups is 1. The van der Waals surface area contributed by atoms with Crippen LogP contribution in [0.25, 0.3) is 21.9 Å². The Labute approximate surface area is 269 Å². The van der Waals surface area contributed by atoms with Crippen LogP contribution in [0.4, 0.5) is 11.5 Å². The van der Waals surface area contributed by atoms with Crippen molar-refractivity contribution in [2.45, 2.75) is 65.1 Å². The number of rotatable bonds is 17. The lowest BCUT2D eigenvalue weighted by molar-refractivity contribution is 0.0950. The minimum absolute atomic E-state index is 0.127. The summed E-state index contributed by atoms with van der Waals surface area (Å²) in [5, 5.41) is 13.7. The number of carbonyl (C=O) groups excluding carboxylic acids is 1. The van der Waals surface area contributed by atoms with Gasteiger partial charge in [-0.05, 0) is 64.6 Å². The van der Waals surface area contributed by atoms with Gasteiger partial charge in [-0.2, -0.15) is 0 Å². The molecule has 14 heteroatoms. The van der Waals surface area contributed by atoms with Gasteiger partial charge in [-0.15, -0.1) is 0 Å². The molecule has 248 valence electrons. The molecular formula is C32H43N7O6S. The minimum Gasteiger partial charge on any atom is -0.507 e. The number of hydrogen-bond donors (Lipinski definition) is 4. The van der Waals surface area contributed by atoms with E-state index in [0.717, 1.165) is 42.8 Å². The average Bonchev–Trinajstić information content (AvgIpc) is 3.33. The first-order valence-corrected chi connectivity index (χ1v) is 17.1. The Bertz CT molecular complexity index is 1820. The molecule has 4 rings (SSSR count). The number of nitrogens with two attached hydrogens (primary N) is 1. The van der Waals surface area contributed by atoms with Gasteiger partial charge in [0.1, 0.15) is 29.4 Å². The number of aliphatic imine (C=N–C) groups is 1. The van der Waals surface area contributed by atoms with Crippen molar-refractivity contribution in [1.29, 1.82) is 0 Å². The Kier molecular flexibility index (Phi) is 11.2. The van der Waals surface area contributed by atoms with Gasteiger partial charge in [-0.1, -0.05) is 12.8 Å². The Balaban J connectivity index is 1.37. The van der Waals surface area contributed by atoms with E-state index in [2.05, 4.69) is 26.7 Å². The van der Waals surface area contributed by atoms with Gasteiger partial charge in [0.15, 0.2) is 5.82 Å². The maximum Gasteiger partial charge on any atom is 0.255 e. The predicted octanol–water partition coefficient (Wildman–Crippen LogP) is 4.44. The topological polar surface area (TPSA) is 183 Å². The van der Waals surface area contributed by atoms with Gasteiger partial charge in [-0.3, -0.25) is 9.79 Å². The van der Waals surface area contributed by atoms with Crippen LogP contribution in [0.5, 0.6) is 11.5 Å². The van der Waals surface area contributed by atoms with Crippen LogP contribution in [0.1, 0.15) is 62.6 Å². The summed E-state index contributed by atoms with van der Waals surface area (Å²) in [5.41, 5.74) is 8.17. The smallest absolute Gasteiger partial charge is 0.255 e. The molecule has 4 aromatic rings. The first-order chi connectivity index (χ1) is 21.8. The molecule has 5 N–H and O–H groups in total. The van der Waals surface area contributed by atoms with E-state index in [1.807, 2.05) is 43.5 Å². The molecule has 0 aliphatic carbocycles. The summed E-state index contributed by atoms with van der Waals surface area (Å²) in [7, 11) is -3.46. The number of pyridine rings is 1. The highest BCUT2D eigenvalue weighted by molar-refractivity contribution is 7.88. The number of benzene rings is 2. The van der Waals surface area contributed by atoms with Crippen molar-refractivity contribution in [3.8, 4) is 11.5 Å². The molecule has 0 aliphatic rings. The molecule has 0 unspecified atom stereocenters. The SMILES string of the molecule is C=Nc1ccc(C(=O)NCCCCCCOc2ccc3c(c2)nc(N)c2nc(COCC)n(CC(C)(C)NS(C)(=O)=O)c23)c(O)c1. The summed E-state index contributed by atoms with van der Waals surface area (Å²) in [5.74, 6) is 1.08. The zero-order valence-corrected chi connectivity index (χ0v) is 27.6. The molecule has 2 aromatic heterocycles. The third-order valence-corrected chi connectivity index (χ3v) is 8.16. The van der Waals surface area contributed by atoms with Crippen LogP contribution >= 0.6 is 0 Å². The van der Waals surface area contributed by atoms with Crippen molar-refractivity contribution in [1.82, 2.24) is 24.6 Å². The standard InChI is InChI=1S/C32H43N7O6S/c1-6-44-19-27-37-28-29(39(27)20-32(2,3)38-46(5,42)43)23-14-12-22(18-25(23)36-30(28)33)45-16-10-8-7-9-15-35-31(41)24-13-11-21(34-4)17-26(24)40/h11-14,17-18,38,40H,4,6-10,15-16,19-20H2,1-3,5H3,(H2,33,36)(H,35,41). The number of nitrogens with one attached hydrogen (secondary N) is 2. The summed E-state index contributed by atoms with van der Waals surface area (Å²) < 4.78 is 40.4. The number of hydrogen-bond acceptors (Lipinski definition) is 10. The third-order valence-electron chi connectivity index (χ3n) is 7.24. The second-order valence-corrected chi connectivity index (χ2v) is 13.5. The number of aromatic nitrogens is 3. The van der Waals surface area contributed by atoms with Crippen molar-refractivity contribution in [3.63, 3.8) is 0 Å². The second-order valence-electron chi connectivity index (χ2n) is 11.8. The Hall–Kier alpha value is -4.27. The molecule has 0 bridgehead atoms. The van der Waals surface area contributed by atoms with Gasteiger partial charge < -0.3 is 30.2 Å². The number of fused-ring (bicyclic) bond motifs is 3.